The fourth-order valence-corrected chi connectivity index (χ4v) is 2.21. The molecule has 2 atom stereocenters. The zero-order valence-corrected chi connectivity index (χ0v) is 13.3. The van der Waals surface area contributed by atoms with Crippen LogP contribution in [0.4, 0.5) is 0 Å². The summed E-state index contributed by atoms with van der Waals surface area (Å²) < 4.78 is 11.4. The van der Waals surface area contributed by atoms with Gasteiger partial charge in [0.1, 0.15) is 5.75 Å². The second kappa shape index (κ2) is 7.28. The van der Waals surface area contributed by atoms with E-state index in [0.717, 1.165) is 17.7 Å². The summed E-state index contributed by atoms with van der Waals surface area (Å²) in [5, 5.41) is 0. The first kappa shape index (κ1) is 15.6. The Balaban J connectivity index is 2.09. The van der Waals surface area contributed by atoms with Crippen LogP contribution in [0.1, 0.15) is 49.2 Å². The van der Waals surface area contributed by atoms with Crippen LogP contribution in [0.5, 0.6) is 5.75 Å². The number of hydrogen-bond acceptors (Lipinski definition) is 2. The molecule has 0 aliphatic carbocycles. The highest BCUT2D eigenvalue weighted by Crippen LogP contribution is 2.26. The van der Waals surface area contributed by atoms with E-state index in [2.05, 4.69) is 45.0 Å². The first-order valence-electron chi connectivity index (χ1n) is 7.50. The van der Waals surface area contributed by atoms with E-state index in [1.54, 1.807) is 7.11 Å². The van der Waals surface area contributed by atoms with Gasteiger partial charge in [0.15, 0.2) is 0 Å². The molecule has 0 radical (unpaired) electrons. The Morgan fingerprint density at radius 2 is 1.48 bits per heavy atom. The lowest BCUT2D eigenvalue weighted by Gasteiger charge is -2.18. The number of hydrogen-bond donors (Lipinski definition) is 0. The summed E-state index contributed by atoms with van der Waals surface area (Å²) in [5.41, 5.74) is 3.59. The van der Waals surface area contributed by atoms with E-state index in [-0.39, 0.29) is 6.29 Å². The fraction of sp³-hybridized carbons (Fsp3) is 0.368. The molecule has 0 aliphatic rings. The van der Waals surface area contributed by atoms with E-state index in [0.29, 0.717) is 5.92 Å². The van der Waals surface area contributed by atoms with Crippen molar-refractivity contribution in [2.75, 3.05) is 7.11 Å². The largest absolute Gasteiger partial charge is 0.461 e. The van der Waals surface area contributed by atoms with Crippen LogP contribution in [0.15, 0.2) is 48.5 Å². The molecule has 2 nitrogen and oxygen atoms in total. The Morgan fingerprint density at radius 3 is 2.00 bits per heavy atom. The lowest BCUT2D eigenvalue weighted by Crippen LogP contribution is -2.09. The van der Waals surface area contributed by atoms with Crippen LogP contribution < -0.4 is 4.74 Å². The molecule has 0 saturated carbocycles. The molecule has 0 fully saturated rings. The SMILES string of the molecule is CCC(C)c1ccc(OC(OC)c2ccc(C)cc2)cc1. The van der Waals surface area contributed by atoms with Gasteiger partial charge in [0.2, 0.25) is 6.29 Å². The molecule has 0 aromatic heterocycles. The molecule has 112 valence electrons. The maximum absolute atomic E-state index is 5.94. The standard InChI is InChI=1S/C19H24O2/c1-5-15(3)16-10-12-18(13-11-16)21-19(20-4)17-8-6-14(2)7-9-17/h6-13,15,19H,5H2,1-4H3. The van der Waals surface area contributed by atoms with Crippen molar-refractivity contribution in [1.29, 1.82) is 0 Å². The minimum atomic E-state index is -0.375. The molecule has 0 saturated heterocycles. The summed E-state index contributed by atoms with van der Waals surface area (Å²) in [5.74, 6) is 1.41. The van der Waals surface area contributed by atoms with Gasteiger partial charge in [-0.15, -0.1) is 0 Å². The van der Waals surface area contributed by atoms with Gasteiger partial charge in [-0.05, 0) is 37.0 Å². The van der Waals surface area contributed by atoms with Crippen LogP contribution in [-0.4, -0.2) is 7.11 Å². The normalized spacial score (nSPS) is 13.7. The van der Waals surface area contributed by atoms with Crippen LogP contribution in [0.2, 0.25) is 0 Å². The number of aryl methyl sites for hydroxylation is 1. The monoisotopic (exact) mass is 284 g/mol. The summed E-state index contributed by atoms with van der Waals surface area (Å²) >= 11 is 0. The average Bonchev–Trinajstić information content (AvgIpc) is 2.53. The van der Waals surface area contributed by atoms with E-state index >= 15 is 0 Å². The van der Waals surface area contributed by atoms with Crippen LogP contribution in [-0.2, 0) is 4.74 Å². The average molecular weight is 284 g/mol. The molecule has 2 heteroatoms. The van der Waals surface area contributed by atoms with Crippen molar-refractivity contribution in [3.63, 3.8) is 0 Å². The first-order chi connectivity index (χ1) is 10.1. The summed E-state index contributed by atoms with van der Waals surface area (Å²) in [7, 11) is 1.66. The third kappa shape index (κ3) is 4.08. The number of ether oxygens (including phenoxy) is 2. The van der Waals surface area contributed by atoms with Gasteiger partial charge in [-0.3, -0.25) is 0 Å². The molecule has 0 bridgehead atoms. The highest BCUT2D eigenvalue weighted by Gasteiger charge is 2.12. The smallest absolute Gasteiger partial charge is 0.226 e. The first-order valence-corrected chi connectivity index (χ1v) is 7.50. The number of methoxy groups -OCH3 is 1. The zero-order chi connectivity index (χ0) is 15.2. The van der Waals surface area contributed by atoms with Crippen molar-refractivity contribution in [2.24, 2.45) is 0 Å². The third-order valence-corrected chi connectivity index (χ3v) is 3.87. The van der Waals surface area contributed by atoms with Gasteiger partial charge < -0.3 is 9.47 Å². The summed E-state index contributed by atoms with van der Waals surface area (Å²) in [6, 6.07) is 16.5. The maximum Gasteiger partial charge on any atom is 0.226 e. The third-order valence-electron chi connectivity index (χ3n) is 3.87. The van der Waals surface area contributed by atoms with E-state index in [1.807, 2.05) is 24.3 Å². The van der Waals surface area contributed by atoms with Gasteiger partial charge in [-0.2, -0.15) is 0 Å². The predicted molar refractivity (Wildman–Crippen MR) is 86.7 cm³/mol. The summed E-state index contributed by atoms with van der Waals surface area (Å²) in [6.45, 7) is 6.51. The van der Waals surface area contributed by atoms with Crippen molar-refractivity contribution in [1.82, 2.24) is 0 Å². The Morgan fingerprint density at radius 1 is 0.905 bits per heavy atom. The number of benzene rings is 2. The molecule has 21 heavy (non-hydrogen) atoms. The Bertz CT molecular complexity index is 543. The topological polar surface area (TPSA) is 18.5 Å². The van der Waals surface area contributed by atoms with Crippen molar-refractivity contribution >= 4 is 0 Å². The molecule has 0 spiro atoms. The highest BCUT2D eigenvalue weighted by atomic mass is 16.7. The Labute approximate surface area is 127 Å². The maximum atomic E-state index is 5.94. The van der Waals surface area contributed by atoms with Crippen molar-refractivity contribution < 1.29 is 9.47 Å². The fourth-order valence-electron chi connectivity index (χ4n) is 2.21. The van der Waals surface area contributed by atoms with E-state index in [4.69, 9.17) is 9.47 Å². The molecule has 0 heterocycles. The van der Waals surface area contributed by atoms with Gasteiger partial charge in [-0.1, -0.05) is 55.8 Å². The van der Waals surface area contributed by atoms with Gasteiger partial charge in [0.05, 0.1) is 0 Å². The molecular formula is C19H24O2. The molecule has 0 N–H and O–H groups in total. The van der Waals surface area contributed by atoms with Gasteiger partial charge in [-0.25, -0.2) is 0 Å². The van der Waals surface area contributed by atoms with E-state index < -0.39 is 0 Å². The molecule has 2 unspecified atom stereocenters. The van der Waals surface area contributed by atoms with Crippen LogP contribution in [0.25, 0.3) is 0 Å². The van der Waals surface area contributed by atoms with Gasteiger partial charge in [0.25, 0.3) is 0 Å². The van der Waals surface area contributed by atoms with E-state index in [9.17, 15) is 0 Å². The molecule has 2 aromatic rings. The minimum absolute atomic E-state index is 0.375. The van der Waals surface area contributed by atoms with Crippen LogP contribution in [0.3, 0.4) is 0 Å². The second-order valence-corrected chi connectivity index (χ2v) is 5.47. The Kier molecular flexibility index (Phi) is 5.40. The van der Waals surface area contributed by atoms with E-state index in [1.165, 1.54) is 11.1 Å². The van der Waals surface area contributed by atoms with Crippen molar-refractivity contribution in [3.05, 3.63) is 65.2 Å². The minimum Gasteiger partial charge on any atom is -0.461 e. The predicted octanol–water partition coefficient (Wildman–Crippen LogP) is 5.23. The van der Waals surface area contributed by atoms with Gasteiger partial charge >= 0.3 is 0 Å². The second-order valence-electron chi connectivity index (χ2n) is 5.47. The summed E-state index contributed by atoms with van der Waals surface area (Å²) in [6.07, 6.45) is 0.768. The zero-order valence-electron chi connectivity index (χ0n) is 13.3. The molecular weight excluding hydrogens is 260 g/mol. The van der Waals surface area contributed by atoms with Crippen LogP contribution in [0, 0.1) is 6.92 Å². The molecule has 0 aliphatic heterocycles. The lowest BCUT2D eigenvalue weighted by molar-refractivity contribution is -0.0562. The number of rotatable bonds is 6. The lowest BCUT2D eigenvalue weighted by atomic mass is 9.99. The summed E-state index contributed by atoms with van der Waals surface area (Å²) in [4.78, 5) is 0. The van der Waals surface area contributed by atoms with Crippen LogP contribution >= 0.6 is 0 Å². The quantitative estimate of drug-likeness (QED) is 0.676. The molecule has 2 rings (SSSR count). The highest BCUT2D eigenvalue weighted by molar-refractivity contribution is 5.30. The van der Waals surface area contributed by atoms with Crippen molar-refractivity contribution in [2.45, 2.75) is 39.4 Å². The Hall–Kier alpha value is -1.80. The molecule has 2 aromatic carbocycles. The molecule has 0 amide bonds. The van der Waals surface area contributed by atoms with Gasteiger partial charge in [0, 0.05) is 12.7 Å². The van der Waals surface area contributed by atoms with Crippen molar-refractivity contribution in [3.8, 4) is 5.75 Å².